The fraction of sp³-hybridized carbons (Fsp3) is 0.375. The zero-order valence-corrected chi connectivity index (χ0v) is 14.0. The van der Waals surface area contributed by atoms with E-state index < -0.39 is 9.84 Å². The van der Waals surface area contributed by atoms with Crippen molar-refractivity contribution in [2.24, 2.45) is 0 Å². The molecule has 2 aromatic rings. The van der Waals surface area contributed by atoms with Crippen molar-refractivity contribution >= 4 is 26.6 Å². The summed E-state index contributed by atoms with van der Waals surface area (Å²) in [4.78, 5) is 26.4. The third-order valence-corrected chi connectivity index (χ3v) is 4.44. The van der Waals surface area contributed by atoms with Crippen LogP contribution in [0.4, 0.5) is 0 Å². The molecule has 0 aliphatic rings. The van der Waals surface area contributed by atoms with Gasteiger partial charge in [0.05, 0.1) is 5.75 Å². The van der Waals surface area contributed by atoms with Gasteiger partial charge in [-0.05, 0) is 36.9 Å². The first-order valence-corrected chi connectivity index (χ1v) is 9.38. The van der Waals surface area contributed by atoms with E-state index in [4.69, 9.17) is 0 Å². The molecule has 7 heteroatoms. The lowest BCUT2D eigenvalue weighted by atomic mass is 10.1. The van der Waals surface area contributed by atoms with E-state index in [2.05, 4.69) is 10.3 Å². The van der Waals surface area contributed by atoms with Crippen molar-refractivity contribution in [3.8, 4) is 0 Å². The molecule has 2 N–H and O–H groups in total. The first kappa shape index (κ1) is 17.2. The molecule has 0 atom stereocenters. The molecule has 23 heavy (non-hydrogen) atoms. The van der Waals surface area contributed by atoms with Crippen LogP contribution in [0.25, 0.3) is 10.9 Å². The number of amides is 1. The first-order chi connectivity index (χ1) is 10.7. The Balaban J connectivity index is 1.98. The largest absolute Gasteiger partial charge is 0.356 e. The topological polar surface area (TPSA) is 96.1 Å². The minimum atomic E-state index is -3.15. The van der Waals surface area contributed by atoms with E-state index in [9.17, 15) is 18.0 Å². The number of aromatic nitrogens is 1. The first-order valence-electron chi connectivity index (χ1n) is 7.31. The Hall–Kier alpha value is -2.15. The molecule has 0 aliphatic heterocycles. The predicted molar refractivity (Wildman–Crippen MR) is 90.3 cm³/mol. The fourth-order valence-corrected chi connectivity index (χ4v) is 2.82. The highest BCUT2D eigenvalue weighted by Crippen LogP contribution is 2.13. The van der Waals surface area contributed by atoms with Gasteiger partial charge in [-0.3, -0.25) is 9.59 Å². The summed E-state index contributed by atoms with van der Waals surface area (Å²) in [6.45, 7) is 2.27. The van der Waals surface area contributed by atoms with E-state index in [0.717, 1.165) is 22.7 Å². The van der Waals surface area contributed by atoms with E-state index in [0.29, 0.717) is 18.5 Å². The monoisotopic (exact) mass is 336 g/mol. The molecule has 0 fully saturated rings. The number of carbonyl (C=O) groups excluding carboxylic acids is 1. The summed E-state index contributed by atoms with van der Waals surface area (Å²) in [6.07, 6.45) is 1.42. The van der Waals surface area contributed by atoms with Gasteiger partial charge < -0.3 is 10.3 Å². The van der Waals surface area contributed by atoms with Crippen LogP contribution in [0.1, 0.15) is 17.5 Å². The van der Waals surface area contributed by atoms with Gasteiger partial charge >= 0.3 is 0 Å². The molecule has 124 valence electrons. The predicted octanol–water partition coefficient (Wildman–Crippen LogP) is 0.930. The van der Waals surface area contributed by atoms with Crippen LogP contribution < -0.4 is 10.9 Å². The third-order valence-electron chi connectivity index (χ3n) is 3.49. The zero-order chi connectivity index (χ0) is 17.0. The standard InChI is InChI=1S/C16H20N2O4S/c1-11-3-4-14-13(9-11)10-12(16(20)18-14)5-7-17-15(19)6-8-23(2,21)22/h3-4,9-10H,5-8H2,1-2H3,(H,17,19)(H,18,20). The summed E-state index contributed by atoms with van der Waals surface area (Å²) < 4.78 is 22.0. The van der Waals surface area contributed by atoms with Crippen LogP contribution in [0.15, 0.2) is 29.1 Å². The molecule has 0 aliphatic carbocycles. The molecule has 0 unspecified atom stereocenters. The summed E-state index contributed by atoms with van der Waals surface area (Å²) >= 11 is 0. The molecule has 0 saturated heterocycles. The summed E-state index contributed by atoms with van der Waals surface area (Å²) in [7, 11) is -3.15. The second-order valence-corrected chi connectivity index (χ2v) is 7.95. The van der Waals surface area contributed by atoms with Crippen LogP contribution in [0.5, 0.6) is 0 Å². The highest BCUT2D eigenvalue weighted by Gasteiger charge is 2.08. The number of sulfone groups is 1. The molecular weight excluding hydrogens is 316 g/mol. The van der Waals surface area contributed by atoms with Gasteiger partial charge in [-0.2, -0.15) is 0 Å². The molecule has 1 aromatic carbocycles. The fourth-order valence-electron chi connectivity index (χ4n) is 2.26. The minimum Gasteiger partial charge on any atom is -0.356 e. The Morgan fingerprint density at radius 1 is 1.26 bits per heavy atom. The summed E-state index contributed by atoms with van der Waals surface area (Å²) in [5.74, 6) is -0.502. The van der Waals surface area contributed by atoms with Crippen molar-refractivity contribution in [1.82, 2.24) is 10.3 Å². The maximum atomic E-state index is 12.0. The van der Waals surface area contributed by atoms with Crippen LogP contribution in [0, 0.1) is 6.92 Å². The molecule has 0 bridgehead atoms. The lowest BCUT2D eigenvalue weighted by Gasteiger charge is -2.06. The van der Waals surface area contributed by atoms with Gasteiger partial charge in [0.15, 0.2) is 0 Å². The zero-order valence-electron chi connectivity index (χ0n) is 13.2. The van der Waals surface area contributed by atoms with Gasteiger partial charge in [0.2, 0.25) is 5.91 Å². The minimum absolute atomic E-state index is 0.0634. The van der Waals surface area contributed by atoms with Gasteiger partial charge in [0, 0.05) is 30.3 Å². The maximum Gasteiger partial charge on any atom is 0.251 e. The van der Waals surface area contributed by atoms with E-state index in [1.54, 1.807) is 0 Å². The average molecular weight is 336 g/mol. The lowest BCUT2D eigenvalue weighted by molar-refractivity contribution is -0.120. The van der Waals surface area contributed by atoms with Gasteiger partial charge in [0.25, 0.3) is 5.56 Å². The summed E-state index contributed by atoms with van der Waals surface area (Å²) in [6, 6.07) is 7.60. The number of hydrogen-bond acceptors (Lipinski definition) is 4. The highest BCUT2D eigenvalue weighted by molar-refractivity contribution is 7.90. The third kappa shape index (κ3) is 5.21. The number of benzene rings is 1. The highest BCUT2D eigenvalue weighted by atomic mass is 32.2. The molecule has 2 rings (SSSR count). The van der Waals surface area contributed by atoms with Crippen LogP contribution in [-0.4, -0.2) is 37.9 Å². The van der Waals surface area contributed by atoms with Gasteiger partial charge in [-0.15, -0.1) is 0 Å². The van der Waals surface area contributed by atoms with Crippen molar-refractivity contribution in [2.75, 3.05) is 18.6 Å². The average Bonchev–Trinajstić information content (AvgIpc) is 2.45. The molecule has 0 radical (unpaired) electrons. The molecule has 6 nitrogen and oxygen atoms in total. The van der Waals surface area contributed by atoms with E-state index in [1.807, 2.05) is 31.2 Å². The number of H-pyrrole nitrogens is 1. The van der Waals surface area contributed by atoms with E-state index in [-0.39, 0.29) is 23.6 Å². The Morgan fingerprint density at radius 3 is 2.70 bits per heavy atom. The Labute approximate surface area is 134 Å². The summed E-state index contributed by atoms with van der Waals surface area (Å²) in [5.41, 5.74) is 2.30. The Kier molecular flexibility index (Phi) is 5.20. The van der Waals surface area contributed by atoms with Crippen LogP contribution in [-0.2, 0) is 21.1 Å². The SMILES string of the molecule is Cc1ccc2[nH]c(=O)c(CCNC(=O)CCS(C)(=O)=O)cc2c1. The number of rotatable bonds is 6. The lowest BCUT2D eigenvalue weighted by Crippen LogP contribution is -2.28. The van der Waals surface area contributed by atoms with Crippen molar-refractivity contribution < 1.29 is 13.2 Å². The molecule has 0 saturated carbocycles. The van der Waals surface area contributed by atoms with Crippen molar-refractivity contribution in [2.45, 2.75) is 19.8 Å². The molecule has 0 spiro atoms. The number of aryl methyl sites for hydroxylation is 1. The quantitative estimate of drug-likeness (QED) is 0.820. The van der Waals surface area contributed by atoms with Gasteiger partial charge in [-0.25, -0.2) is 8.42 Å². The second kappa shape index (κ2) is 6.95. The van der Waals surface area contributed by atoms with Gasteiger partial charge in [0.1, 0.15) is 9.84 Å². The van der Waals surface area contributed by atoms with Crippen LogP contribution >= 0.6 is 0 Å². The number of hydrogen-bond donors (Lipinski definition) is 2. The number of aromatic amines is 1. The Bertz CT molecular complexity index is 885. The maximum absolute atomic E-state index is 12.0. The van der Waals surface area contributed by atoms with Gasteiger partial charge in [-0.1, -0.05) is 11.6 Å². The number of nitrogens with one attached hydrogen (secondary N) is 2. The van der Waals surface area contributed by atoms with Crippen molar-refractivity contribution in [3.63, 3.8) is 0 Å². The number of carbonyl (C=O) groups is 1. The second-order valence-electron chi connectivity index (χ2n) is 5.69. The van der Waals surface area contributed by atoms with E-state index in [1.165, 1.54) is 0 Å². The van der Waals surface area contributed by atoms with Crippen LogP contribution in [0.3, 0.4) is 0 Å². The number of pyridine rings is 1. The molecule has 1 amide bonds. The normalized spacial score (nSPS) is 11.6. The van der Waals surface area contributed by atoms with E-state index >= 15 is 0 Å². The smallest absolute Gasteiger partial charge is 0.251 e. The molecule has 1 aromatic heterocycles. The number of fused-ring (bicyclic) bond motifs is 1. The van der Waals surface area contributed by atoms with Crippen molar-refractivity contribution in [3.05, 3.63) is 45.7 Å². The molecule has 1 heterocycles. The summed E-state index contributed by atoms with van der Waals surface area (Å²) in [5, 5.41) is 3.58. The van der Waals surface area contributed by atoms with Crippen molar-refractivity contribution in [1.29, 1.82) is 0 Å². The molecular formula is C16H20N2O4S. The Morgan fingerprint density at radius 2 is 2.00 bits per heavy atom. The van der Waals surface area contributed by atoms with Crippen LogP contribution in [0.2, 0.25) is 0 Å².